The molecule has 0 aliphatic heterocycles. The third-order valence-corrected chi connectivity index (χ3v) is 4.99. The zero-order chi connectivity index (χ0) is 17.2. The predicted molar refractivity (Wildman–Crippen MR) is 95.5 cm³/mol. The number of hydrogen-bond donors (Lipinski definition) is 0. The summed E-state index contributed by atoms with van der Waals surface area (Å²) < 4.78 is 0. The summed E-state index contributed by atoms with van der Waals surface area (Å²) in [6.45, 7) is 3.93. The molecule has 2 aromatic carbocycles. The van der Waals surface area contributed by atoms with E-state index < -0.39 is 5.41 Å². The van der Waals surface area contributed by atoms with E-state index in [1.165, 1.54) is 0 Å². The predicted octanol–water partition coefficient (Wildman–Crippen LogP) is 4.59. The Bertz CT molecular complexity index is 832. The largest absolute Gasteiger partial charge is 0.298 e. The van der Waals surface area contributed by atoms with Crippen LogP contribution in [0, 0.1) is 17.2 Å². The zero-order valence-electron chi connectivity index (χ0n) is 14.0. The molecule has 0 spiro atoms. The molecule has 2 atom stereocenters. The van der Waals surface area contributed by atoms with E-state index in [0.29, 0.717) is 5.56 Å². The fourth-order valence-electron chi connectivity index (χ4n) is 3.47. The maximum atomic E-state index is 13.1. The van der Waals surface area contributed by atoms with Crippen LogP contribution in [0.15, 0.2) is 59.6 Å². The zero-order valence-corrected chi connectivity index (χ0v) is 14.0. The van der Waals surface area contributed by atoms with Crippen molar-refractivity contribution in [1.29, 1.82) is 5.26 Å². The van der Waals surface area contributed by atoms with Gasteiger partial charge in [-0.2, -0.15) is 5.26 Å². The topological polar surface area (TPSA) is 53.2 Å². The van der Waals surface area contributed by atoms with Gasteiger partial charge in [-0.15, -0.1) is 0 Å². The van der Waals surface area contributed by atoms with Crippen molar-refractivity contribution in [3.05, 3.63) is 65.7 Å². The van der Waals surface area contributed by atoms with Crippen LogP contribution in [0.1, 0.15) is 37.8 Å². The van der Waals surface area contributed by atoms with Gasteiger partial charge in [0, 0.05) is 5.71 Å². The fraction of sp³-hybridized carbons (Fsp3) is 0.286. The summed E-state index contributed by atoms with van der Waals surface area (Å²) in [5.74, 6) is 0.0516. The second-order valence-electron chi connectivity index (χ2n) is 6.57. The average molecular weight is 316 g/mol. The van der Waals surface area contributed by atoms with E-state index in [-0.39, 0.29) is 11.7 Å². The van der Waals surface area contributed by atoms with Crippen LogP contribution in [0.2, 0.25) is 0 Å². The summed E-state index contributed by atoms with van der Waals surface area (Å²) in [5, 5.41) is 9.10. The normalized spacial score (nSPS) is 24.0. The standard InChI is InChI=1S/C21H20N2O/c1-15(23-18-9-4-3-5-10-18)19-11-12-21(2,20(19)24)17-8-6-7-16(13-17)14-22/h3-10,13,19H,11-12H2,1-2H3. The molecule has 1 fully saturated rings. The highest BCUT2D eigenvalue weighted by Gasteiger charge is 2.46. The molecule has 2 unspecified atom stereocenters. The van der Waals surface area contributed by atoms with E-state index in [2.05, 4.69) is 11.1 Å². The van der Waals surface area contributed by atoms with Gasteiger partial charge in [0.05, 0.1) is 28.7 Å². The summed E-state index contributed by atoms with van der Waals surface area (Å²) in [6, 6.07) is 19.3. The minimum absolute atomic E-state index is 0.152. The summed E-state index contributed by atoms with van der Waals surface area (Å²) >= 11 is 0. The summed E-state index contributed by atoms with van der Waals surface area (Å²) in [5.41, 5.74) is 2.74. The van der Waals surface area contributed by atoms with E-state index in [4.69, 9.17) is 5.26 Å². The van der Waals surface area contributed by atoms with E-state index in [1.54, 1.807) is 6.07 Å². The molecule has 2 aromatic rings. The van der Waals surface area contributed by atoms with E-state index in [0.717, 1.165) is 29.8 Å². The molecule has 0 aromatic heterocycles. The Morgan fingerprint density at radius 1 is 1.21 bits per heavy atom. The van der Waals surface area contributed by atoms with Crippen LogP contribution in [-0.2, 0) is 10.2 Å². The summed E-state index contributed by atoms with van der Waals surface area (Å²) in [4.78, 5) is 17.7. The van der Waals surface area contributed by atoms with Crippen LogP contribution in [0.3, 0.4) is 0 Å². The van der Waals surface area contributed by atoms with Crippen LogP contribution in [-0.4, -0.2) is 11.5 Å². The number of nitriles is 1. The van der Waals surface area contributed by atoms with Crippen molar-refractivity contribution in [1.82, 2.24) is 0 Å². The fourth-order valence-corrected chi connectivity index (χ4v) is 3.47. The number of carbonyl (C=O) groups excluding carboxylic acids is 1. The van der Waals surface area contributed by atoms with Gasteiger partial charge in [-0.05, 0) is 56.5 Å². The van der Waals surface area contributed by atoms with Crippen molar-refractivity contribution in [2.24, 2.45) is 10.9 Å². The van der Waals surface area contributed by atoms with Gasteiger partial charge >= 0.3 is 0 Å². The van der Waals surface area contributed by atoms with Crippen LogP contribution < -0.4 is 0 Å². The molecule has 0 N–H and O–H groups in total. The maximum absolute atomic E-state index is 13.1. The molecular weight excluding hydrogens is 296 g/mol. The number of aliphatic imine (C=N–C) groups is 1. The summed E-state index contributed by atoms with van der Waals surface area (Å²) in [6.07, 6.45) is 1.58. The number of nitrogens with zero attached hydrogens (tertiary/aromatic N) is 2. The smallest absolute Gasteiger partial charge is 0.151 e. The Balaban J connectivity index is 1.89. The quantitative estimate of drug-likeness (QED) is 0.778. The maximum Gasteiger partial charge on any atom is 0.151 e. The molecule has 1 aliphatic rings. The van der Waals surface area contributed by atoms with Gasteiger partial charge in [-0.25, -0.2) is 0 Å². The van der Waals surface area contributed by atoms with E-state index in [9.17, 15) is 4.79 Å². The van der Waals surface area contributed by atoms with Gasteiger partial charge in [0.1, 0.15) is 0 Å². The highest BCUT2D eigenvalue weighted by molar-refractivity contribution is 6.10. The number of hydrogen-bond acceptors (Lipinski definition) is 3. The second-order valence-corrected chi connectivity index (χ2v) is 6.57. The highest BCUT2D eigenvalue weighted by atomic mass is 16.1. The van der Waals surface area contributed by atoms with Crippen molar-refractivity contribution < 1.29 is 4.79 Å². The molecule has 3 nitrogen and oxygen atoms in total. The first-order chi connectivity index (χ1) is 11.5. The minimum atomic E-state index is -0.537. The second kappa shape index (κ2) is 6.41. The Morgan fingerprint density at radius 2 is 1.96 bits per heavy atom. The molecule has 0 heterocycles. The lowest BCUT2D eigenvalue weighted by molar-refractivity contribution is -0.123. The monoisotopic (exact) mass is 316 g/mol. The number of ketones is 1. The molecule has 3 heteroatoms. The lowest BCUT2D eigenvalue weighted by Gasteiger charge is -2.23. The molecule has 120 valence electrons. The number of rotatable bonds is 3. The van der Waals surface area contributed by atoms with Crippen molar-refractivity contribution in [3.8, 4) is 6.07 Å². The molecule has 1 saturated carbocycles. The Hall–Kier alpha value is -2.73. The number of carbonyl (C=O) groups is 1. The van der Waals surface area contributed by atoms with Crippen molar-refractivity contribution in [3.63, 3.8) is 0 Å². The Labute approximate surface area is 142 Å². The number of benzene rings is 2. The van der Waals surface area contributed by atoms with Crippen molar-refractivity contribution in [2.45, 2.75) is 32.1 Å². The lowest BCUT2D eigenvalue weighted by Crippen LogP contribution is -2.32. The van der Waals surface area contributed by atoms with Crippen LogP contribution >= 0.6 is 0 Å². The molecule has 0 radical (unpaired) electrons. The van der Waals surface area contributed by atoms with Gasteiger partial charge in [-0.3, -0.25) is 9.79 Å². The molecule has 0 amide bonds. The third kappa shape index (κ3) is 2.88. The van der Waals surface area contributed by atoms with Crippen LogP contribution in [0.25, 0.3) is 0 Å². The first-order valence-electron chi connectivity index (χ1n) is 8.20. The van der Waals surface area contributed by atoms with Gasteiger partial charge in [0.2, 0.25) is 0 Å². The third-order valence-electron chi connectivity index (χ3n) is 4.99. The SMILES string of the molecule is CC(=Nc1ccccc1)C1CCC(C)(c2cccc(C#N)c2)C1=O. The molecule has 0 bridgehead atoms. The first-order valence-corrected chi connectivity index (χ1v) is 8.20. The molecule has 3 rings (SSSR count). The van der Waals surface area contributed by atoms with Gasteiger partial charge < -0.3 is 0 Å². The minimum Gasteiger partial charge on any atom is -0.298 e. The van der Waals surface area contributed by atoms with E-state index >= 15 is 0 Å². The van der Waals surface area contributed by atoms with Gasteiger partial charge in [-0.1, -0.05) is 30.3 Å². The van der Waals surface area contributed by atoms with Gasteiger partial charge in [0.15, 0.2) is 5.78 Å². The number of Topliss-reactive ketones (excluding diaryl/α,β-unsaturated/α-hetero) is 1. The first kappa shape index (κ1) is 16.1. The molecule has 0 saturated heterocycles. The Morgan fingerprint density at radius 3 is 2.67 bits per heavy atom. The molecule has 1 aliphatic carbocycles. The molecule has 24 heavy (non-hydrogen) atoms. The number of para-hydroxylation sites is 1. The van der Waals surface area contributed by atoms with E-state index in [1.807, 2.05) is 62.4 Å². The average Bonchev–Trinajstić information content (AvgIpc) is 2.92. The molecular formula is C21H20N2O. The van der Waals surface area contributed by atoms with Gasteiger partial charge in [0.25, 0.3) is 0 Å². The van der Waals surface area contributed by atoms with Crippen molar-refractivity contribution in [2.75, 3.05) is 0 Å². The Kier molecular flexibility index (Phi) is 4.31. The highest BCUT2D eigenvalue weighted by Crippen LogP contribution is 2.42. The van der Waals surface area contributed by atoms with Crippen LogP contribution in [0.4, 0.5) is 5.69 Å². The van der Waals surface area contributed by atoms with Crippen molar-refractivity contribution >= 4 is 17.2 Å². The summed E-state index contributed by atoms with van der Waals surface area (Å²) in [7, 11) is 0. The van der Waals surface area contributed by atoms with Crippen LogP contribution in [0.5, 0.6) is 0 Å². The lowest BCUT2D eigenvalue weighted by atomic mass is 9.78.